The maximum absolute atomic E-state index is 12.2. The molecule has 0 bridgehead atoms. The molecule has 4 N–H and O–H groups in total. The summed E-state index contributed by atoms with van der Waals surface area (Å²) in [6, 6.07) is 13.6. The van der Waals surface area contributed by atoms with Crippen molar-refractivity contribution < 1.29 is 14.3 Å². The van der Waals surface area contributed by atoms with Crippen molar-refractivity contribution in [2.75, 3.05) is 24.4 Å². The fraction of sp³-hybridized carbons (Fsp3) is 0.222. The van der Waals surface area contributed by atoms with Gasteiger partial charge in [-0.2, -0.15) is 0 Å². The molecule has 2 aromatic carbocycles. The number of hydrogen-bond donors (Lipinski definition) is 3. The monoisotopic (exact) mass is 363 g/mol. The highest BCUT2D eigenvalue weighted by atomic mass is 35.5. The van der Waals surface area contributed by atoms with Crippen molar-refractivity contribution in [3.63, 3.8) is 0 Å². The molecule has 0 heterocycles. The van der Waals surface area contributed by atoms with E-state index >= 15 is 0 Å². The van der Waals surface area contributed by atoms with E-state index in [1.54, 1.807) is 18.2 Å². The number of methoxy groups -OCH3 is 1. The summed E-state index contributed by atoms with van der Waals surface area (Å²) in [7, 11) is 1.46. The molecule has 0 aliphatic carbocycles. The van der Waals surface area contributed by atoms with Gasteiger partial charge in [-0.05, 0) is 36.2 Å². The fourth-order valence-electron chi connectivity index (χ4n) is 2.23. The Morgan fingerprint density at radius 3 is 2.40 bits per heavy atom. The van der Waals surface area contributed by atoms with E-state index in [1.165, 1.54) is 7.11 Å². The van der Waals surface area contributed by atoms with Crippen molar-refractivity contribution in [2.24, 2.45) is 5.73 Å². The average molecular weight is 364 g/mol. The third-order valence-corrected chi connectivity index (χ3v) is 3.48. The van der Waals surface area contributed by atoms with Gasteiger partial charge in [0.2, 0.25) is 11.8 Å². The van der Waals surface area contributed by atoms with Gasteiger partial charge in [-0.25, -0.2) is 0 Å². The lowest BCUT2D eigenvalue weighted by molar-refractivity contribution is -0.119. The van der Waals surface area contributed by atoms with Gasteiger partial charge in [-0.3, -0.25) is 9.59 Å². The van der Waals surface area contributed by atoms with Crippen LogP contribution in [0.4, 0.5) is 11.4 Å². The van der Waals surface area contributed by atoms with Crippen LogP contribution in [0.25, 0.3) is 0 Å². The maximum Gasteiger partial charge on any atom is 0.250 e. The van der Waals surface area contributed by atoms with Gasteiger partial charge < -0.3 is 21.1 Å². The number of anilines is 2. The molecule has 0 spiro atoms. The molecular weight excluding hydrogens is 342 g/mol. The Morgan fingerprint density at radius 1 is 1.12 bits per heavy atom. The van der Waals surface area contributed by atoms with Crippen LogP contribution >= 0.6 is 12.4 Å². The molecule has 0 aliphatic heterocycles. The number of ether oxygens (including phenoxy) is 1. The number of amides is 2. The third-order valence-electron chi connectivity index (χ3n) is 3.48. The summed E-state index contributed by atoms with van der Waals surface area (Å²) in [5.74, 6) is -0.528. The lowest BCUT2D eigenvalue weighted by atomic mass is 10.1. The van der Waals surface area contributed by atoms with Crippen LogP contribution in [0.1, 0.15) is 17.2 Å². The molecule has 0 aliphatic rings. The first kappa shape index (κ1) is 20.6. The number of rotatable bonds is 6. The summed E-state index contributed by atoms with van der Waals surface area (Å²) in [4.78, 5) is 23.8. The predicted octanol–water partition coefficient (Wildman–Crippen LogP) is 2.64. The summed E-state index contributed by atoms with van der Waals surface area (Å²) in [5, 5.41) is 5.52. The molecule has 2 aromatic rings. The molecule has 134 valence electrons. The number of hydrogen-bond acceptors (Lipinski definition) is 4. The van der Waals surface area contributed by atoms with E-state index in [2.05, 4.69) is 10.6 Å². The Bertz CT molecular complexity index is 723. The zero-order valence-electron chi connectivity index (χ0n) is 14.1. The summed E-state index contributed by atoms with van der Waals surface area (Å²) in [6.45, 7) is 1.83. The lowest BCUT2D eigenvalue weighted by Crippen LogP contribution is -2.27. The molecule has 2 rings (SSSR count). The van der Waals surface area contributed by atoms with Crippen molar-refractivity contribution in [1.29, 1.82) is 0 Å². The second-order valence-corrected chi connectivity index (χ2v) is 5.39. The molecule has 7 heteroatoms. The lowest BCUT2D eigenvalue weighted by Gasteiger charge is -2.14. The molecule has 25 heavy (non-hydrogen) atoms. The van der Waals surface area contributed by atoms with Gasteiger partial charge in [0.1, 0.15) is 12.6 Å². The van der Waals surface area contributed by atoms with E-state index in [0.29, 0.717) is 11.4 Å². The van der Waals surface area contributed by atoms with Crippen LogP contribution in [-0.4, -0.2) is 25.5 Å². The Kier molecular flexibility index (Phi) is 8.07. The Hall–Kier alpha value is -2.41. The van der Waals surface area contributed by atoms with Gasteiger partial charge >= 0.3 is 0 Å². The van der Waals surface area contributed by atoms with E-state index in [-0.39, 0.29) is 30.8 Å². The molecule has 0 saturated heterocycles. The highest BCUT2D eigenvalue weighted by molar-refractivity contribution is 5.96. The normalized spacial score (nSPS) is 11.2. The summed E-state index contributed by atoms with van der Waals surface area (Å²) in [5.41, 5.74) is 8.83. The van der Waals surface area contributed by atoms with Crippen LogP contribution in [0, 0.1) is 6.92 Å². The van der Waals surface area contributed by atoms with Gasteiger partial charge in [0, 0.05) is 18.5 Å². The van der Waals surface area contributed by atoms with Crippen LogP contribution in [0.2, 0.25) is 0 Å². The molecule has 0 saturated carbocycles. The van der Waals surface area contributed by atoms with Crippen LogP contribution in [0.3, 0.4) is 0 Å². The third kappa shape index (κ3) is 5.86. The Labute approximate surface area is 153 Å². The molecule has 6 nitrogen and oxygen atoms in total. The minimum absolute atomic E-state index is 0. The standard InChI is InChI=1S/C18H21N3O3.ClH/c1-12-10-14(8-9-15(12)21-16(22)11-24-2)20-18(23)17(19)13-6-4-3-5-7-13;/h3-10,17H,11,19H2,1-2H3,(H,20,23)(H,21,22);1H/t17-;/m0./s1. The van der Waals surface area contributed by atoms with Crippen LogP contribution in [-0.2, 0) is 14.3 Å². The Morgan fingerprint density at radius 2 is 1.80 bits per heavy atom. The first-order valence-corrected chi connectivity index (χ1v) is 7.52. The molecular formula is C18H22ClN3O3. The molecule has 2 amide bonds. The second kappa shape index (κ2) is 9.78. The second-order valence-electron chi connectivity index (χ2n) is 5.39. The molecule has 0 fully saturated rings. The Balaban J connectivity index is 0.00000312. The van der Waals surface area contributed by atoms with Crippen molar-refractivity contribution in [3.05, 3.63) is 59.7 Å². The van der Waals surface area contributed by atoms with Gasteiger partial charge in [0.25, 0.3) is 0 Å². The first-order chi connectivity index (χ1) is 11.5. The number of benzene rings is 2. The van der Waals surface area contributed by atoms with Gasteiger partial charge in [-0.15, -0.1) is 12.4 Å². The highest BCUT2D eigenvalue weighted by Crippen LogP contribution is 2.21. The molecule has 1 atom stereocenters. The first-order valence-electron chi connectivity index (χ1n) is 7.52. The van der Waals surface area contributed by atoms with Crippen molar-refractivity contribution in [3.8, 4) is 0 Å². The molecule has 0 unspecified atom stereocenters. The quantitative estimate of drug-likeness (QED) is 0.735. The number of halogens is 1. The largest absolute Gasteiger partial charge is 0.375 e. The SMILES string of the molecule is COCC(=O)Nc1ccc(NC(=O)[C@@H](N)c2ccccc2)cc1C.Cl. The van der Waals surface area contributed by atoms with Gasteiger partial charge in [0.05, 0.1) is 0 Å². The average Bonchev–Trinajstić information content (AvgIpc) is 2.57. The van der Waals surface area contributed by atoms with E-state index in [4.69, 9.17) is 10.5 Å². The molecule has 0 aromatic heterocycles. The van der Waals surface area contributed by atoms with Crippen LogP contribution < -0.4 is 16.4 Å². The number of nitrogens with one attached hydrogen (secondary N) is 2. The minimum Gasteiger partial charge on any atom is -0.375 e. The van der Waals surface area contributed by atoms with E-state index in [1.807, 2.05) is 37.3 Å². The number of carbonyl (C=O) groups excluding carboxylic acids is 2. The minimum atomic E-state index is -0.743. The van der Waals surface area contributed by atoms with Gasteiger partial charge in [-0.1, -0.05) is 30.3 Å². The fourth-order valence-corrected chi connectivity index (χ4v) is 2.23. The van der Waals surface area contributed by atoms with Crippen LogP contribution in [0.5, 0.6) is 0 Å². The van der Waals surface area contributed by atoms with E-state index in [9.17, 15) is 9.59 Å². The smallest absolute Gasteiger partial charge is 0.250 e. The zero-order valence-corrected chi connectivity index (χ0v) is 14.9. The number of aryl methyl sites for hydroxylation is 1. The predicted molar refractivity (Wildman–Crippen MR) is 101 cm³/mol. The summed E-state index contributed by atoms with van der Waals surface area (Å²) in [6.07, 6.45) is 0. The summed E-state index contributed by atoms with van der Waals surface area (Å²) < 4.78 is 4.78. The maximum atomic E-state index is 12.2. The van der Waals surface area contributed by atoms with Crippen LogP contribution in [0.15, 0.2) is 48.5 Å². The van der Waals surface area contributed by atoms with Crippen molar-refractivity contribution in [1.82, 2.24) is 0 Å². The van der Waals surface area contributed by atoms with E-state index < -0.39 is 6.04 Å². The van der Waals surface area contributed by atoms with Crippen molar-refractivity contribution >= 4 is 35.6 Å². The van der Waals surface area contributed by atoms with Gasteiger partial charge in [0.15, 0.2) is 0 Å². The number of carbonyl (C=O) groups is 2. The zero-order chi connectivity index (χ0) is 17.5. The summed E-state index contributed by atoms with van der Waals surface area (Å²) >= 11 is 0. The highest BCUT2D eigenvalue weighted by Gasteiger charge is 2.16. The topological polar surface area (TPSA) is 93.5 Å². The van der Waals surface area contributed by atoms with E-state index in [0.717, 1.165) is 11.1 Å². The number of nitrogens with two attached hydrogens (primary N) is 1. The van der Waals surface area contributed by atoms with Crippen molar-refractivity contribution in [2.45, 2.75) is 13.0 Å². The molecule has 0 radical (unpaired) electrons.